The number of anilines is 1. The number of aliphatic carboxylic acids is 1. The summed E-state index contributed by atoms with van der Waals surface area (Å²) < 4.78 is 0. The van der Waals surface area contributed by atoms with Gasteiger partial charge >= 0.3 is 5.97 Å². The SMILES string of the molecule is Cc1cc(-c2csc(NC(=O)C3CCCCC3C(=O)O)n2)ccc1Cl. The first-order valence-corrected chi connectivity index (χ1v) is 9.47. The second-order valence-corrected chi connectivity index (χ2v) is 7.59. The van der Waals surface area contributed by atoms with Crippen molar-refractivity contribution < 1.29 is 14.7 Å². The molecule has 1 aliphatic rings. The summed E-state index contributed by atoms with van der Waals surface area (Å²) in [7, 11) is 0. The monoisotopic (exact) mass is 378 g/mol. The van der Waals surface area contributed by atoms with Gasteiger partial charge in [-0.2, -0.15) is 0 Å². The molecule has 0 radical (unpaired) electrons. The van der Waals surface area contributed by atoms with Crippen molar-refractivity contribution in [3.63, 3.8) is 0 Å². The Bertz CT molecular complexity index is 805. The molecule has 2 unspecified atom stereocenters. The lowest BCUT2D eigenvalue weighted by atomic mass is 9.79. The number of carbonyl (C=O) groups excluding carboxylic acids is 1. The maximum Gasteiger partial charge on any atom is 0.307 e. The topological polar surface area (TPSA) is 79.3 Å². The van der Waals surface area contributed by atoms with Crippen LogP contribution < -0.4 is 5.32 Å². The van der Waals surface area contributed by atoms with Crippen LogP contribution in [0.4, 0.5) is 5.13 Å². The van der Waals surface area contributed by atoms with Crippen LogP contribution in [-0.2, 0) is 9.59 Å². The minimum absolute atomic E-state index is 0.250. The number of hydrogen-bond acceptors (Lipinski definition) is 4. The maximum absolute atomic E-state index is 12.5. The summed E-state index contributed by atoms with van der Waals surface area (Å²) in [6.07, 6.45) is 2.91. The van der Waals surface area contributed by atoms with E-state index in [1.807, 2.05) is 30.5 Å². The van der Waals surface area contributed by atoms with Crippen LogP contribution in [0, 0.1) is 18.8 Å². The number of halogens is 1. The number of nitrogens with zero attached hydrogens (tertiary/aromatic N) is 1. The number of thiazole rings is 1. The molecule has 2 N–H and O–H groups in total. The average molecular weight is 379 g/mol. The molecule has 1 fully saturated rings. The Morgan fingerprint density at radius 1 is 1.28 bits per heavy atom. The number of benzene rings is 1. The number of carbonyl (C=O) groups is 2. The van der Waals surface area contributed by atoms with Crippen LogP contribution in [0.25, 0.3) is 11.3 Å². The lowest BCUT2D eigenvalue weighted by Gasteiger charge is -2.26. The molecule has 0 bridgehead atoms. The first kappa shape index (κ1) is 17.9. The molecular weight excluding hydrogens is 360 g/mol. The molecule has 7 heteroatoms. The van der Waals surface area contributed by atoms with Crippen LogP contribution in [0.15, 0.2) is 23.6 Å². The molecule has 25 heavy (non-hydrogen) atoms. The van der Waals surface area contributed by atoms with Crippen LogP contribution in [0.1, 0.15) is 31.2 Å². The van der Waals surface area contributed by atoms with Gasteiger partial charge in [0.2, 0.25) is 5.91 Å². The molecule has 2 atom stereocenters. The Balaban J connectivity index is 1.73. The molecule has 1 aromatic heterocycles. The summed E-state index contributed by atoms with van der Waals surface area (Å²) in [4.78, 5) is 28.3. The summed E-state index contributed by atoms with van der Waals surface area (Å²) in [6, 6.07) is 5.66. The van der Waals surface area contributed by atoms with Gasteiger partial charge in [-0.15, -0.1) is 11.3 Å². The number of rotatable bonds is 4. The van der Waals surface area contributed by atoms with Gasteiger partial charge in [-0.25, -0.2) is 4.98 Å². The Hall–Kier alpha value is -1.92. The predicted octanol–water partition coefficient (Wildman–Crippen LogP) is 4.60. The molecular formula is C18H19ClN2O3S. The van der Waals surface area contributed by atoms with E-state index in [2.05, 4.69) is 10.3 Å². The highest BCUT2D eigenvalue weighted by atomic mass is 35.5. The number of hydrogen-bond donors (Lipinski definition) is 2. The number of aromatic nitrogens is 1. The molecule has 1 aliphatic carbocycles. The molecule has 1 saturated carbocycles. The largest absolute Gasteiger partial charge is 0.481 e. The molecule has 3 rings (SSSR count). The van der Waals surface area contributed by atoms with Gasteiger partial charge in [-0.1, -0.05) is 30.5 Å². The highest BCUT2D eigenvalue weighted by Gasteiger charge is 2.35. The van der Waals surface area contributed by atoms with E-state index in [-0.39, 0.29) is 5.91 Å². The lowest BCUT2D eigenvalue weighted by molar-refractivity contribution is -0.147. The summed E-state index contributed by atoms with van der Waals surface area (Å²) in [5, 5.41) is 15.2. The minimum atomic E-state index is -0.892. The van der Waals surface area contributed by atoms with Crippen LogP contribution in [0.2, 0.25) is 5.02 Å². The Morgan fingerprint density at radius 2 is 2.00 bits per heavy atom. The first-order valence-electron chi connectivity index (χ1n) is 8.21. The minimum Gasteiger partial charge on any atom is -0.481 e. The van der Waals surface area contributed by atoms with Gasteiger partial charge in [0.05, 0.1) is 17.5 Å². The normalized spacial score (nSPS) is 20.2. The van der Waals surface area contributed by atoms with Gasteiger partial charge in [-0.3, -0.25) is 9.59 Å². The Kier molecular flexibility index (Phi) is 5.39. The van der Waals surface area contributed by atoms with Crippen LogP contribution in [-0.4, -0.2) is 22.0 Å². The highest BCUT2D eigenvalue weighted by molar-refractivity contribution is 7.14. The van der Waals surface area contributed by atoms with E-state index in [1.54, 1.807) is 0 Å². The molecule has 0 spiro atoms. The van der Waals surface area contributed by atoms with Crippen molar-refractivity contribution in [1.82, 2.24) is 4.98 Å². The van der Waals surface area contributed by atoms with Gasteiger partial charge < -0.3 is 10.4 Å². The molecule has 132 valence electrons. The first-order chi connectivity index (χ1) is 12.0. The zero-order valence-corrected chi connectivity index (χ0v) is 15.4. The summed E-state index contributed by atoms with van der Waals surface area (Å²) >= 11 is 7.38. The number of amides is 1. The standard InChI is InChI=1S/C18H19ClN2O3S/c1-10-8-11(6-7-14(10)19)15-9-25-18(20-15)21-16(22)12-4-2-3-5-13(12)17(23)24/h6-9,12-13H,2-5H2,1H3,(H,23,24)(H,20,21,22). The van der Waals surface area contributed by atoms with Crippen molar-refractivity contribution in [2.75, 3.05) is 5.32 Å². The zero-order valence-electron chi connectivity index (χ0n) is 13.8. The number of aryl methyl sites for hydroxylation is 1. The summed E-state index contributed by atoms with van der Waals surface area (Å²) in [6.45, 7) is 1.93. The van der Waals surface area contributed by atoms with Crippen LogP contribution in [0.5, 0.6) is 0 Å². The van der Waals surface area contributed by atoms with Crippen molar-refractivity contribution in [2.24, 2.45) is 11.8 Å². The Morgan fingerprint density at radius 3 is 2.68 bits per heavy atom. The van der Waals surface area contributed by atoms with Crippen LogP contribution in [0.3, 0.4) is 0 Å². The van der Waals surface area contributed by atoms with Crippen molar-refractivity contribution >= 4 is 39.9 Å². The molecule has 1 heterocycles. The molecule has 1 aromatic carbocycles. The fourth-order valence-electron chi connectivity index (χ4n) is 3.21. The third-order valence-electron chi connectivity index (χ3n) is 4.61. The highest BCUT2D eigenvalue weighted by Crippen LogP contribution is 2.32. The van der Waals surface area contributed by atoms with E-state index in [0.29, 0.717) is 23.0 Å². The Labute approximate surface area is 155 Å². The molecule has 0 aliphatic heterocycles. The summed E-state index contributed by atoms with van der Waals surface area (Å²) in [5.74, 6) is -2.24. The fraction of sp³-hybridized carbons (Fsp3) is 0.389. The zero-order chi connectivity index (χ0) is 18.0. The van der Waals surface area contributed by atoms with E-state index >= 15 is 0 Å². The van der Waals surface area contributed by atoms with Gasteiger partial charge in [0.1, 0.15) is 0 Å². The molecule has 1 amide bonds. The smallest absolute Gasteiger partial charge is 0.307 e. The van der Waals surface area contributed by atoms with Gasteiger partial charge in [0, 0.05) is 16.0 Å². The molecule has 0 saturated heterocycles. The second-order valence-electron chi connectivity index (χ2n) is 6.33. The van der Waals surface area contributed by atoms with Crippen molar-refractivity contribution in [1.29, 1.82) is 0 Å². The van der Waals surface area contributed by atoms with Crippen molar-refractivity contribution in [3.8, 4) is 11.3 Å². The van der Waals surface area contributed by atoms with E-state index in [0.717, 1.165) is 29.7 Å². The maximum atomic E-state index is 12.5. The van der Waals surface area contributed by atoms with E-state index in [1.165, 1.54) is 11.3 Å². The van der Waals surface area contributed by atoms with E-state index in [9.17, 15) is 14.7 Å². The molecule has 5 nitrogen and oxygen atoms in total. The van der Waals surface area contributed by atoms with E-state index < -0.39 is 17.8 Å². The predicted molar refractivity (Wildman–Crippen MR) is 99.0 cm³/mol. The summed E-state index contributed by atoms with van der Waals surface area (Å²) in [5.41, 5.74) is 2.66. The van der Waals surface area contributed by atoms with Gasteiger partial charge in [0.25, 0.3) is 0 Å². The average Bonchev–Trinajstić information content (AvgIpc) is 3.05. The number of carboxylic acids is 1. The number of nitrogens with one attached hydrogen (secondary N) is 1. The van der Waals surface area contributed by atoms with Crippen molar-refractivity contribution in [3.05, 3.63) is 34.2 Å². The molecule has 2 aromatic rings. The fourth-order valence-corrected chi connectivity index (χ4v) is 4.05. The second kappa shape index (κ2) is 7.54. The quantitative estimate of drug-likeness (QED) is 0.814. The third kappa shape index (κ3) is 4.02. The lowest BCUT2D eigenvalue weighted by Crippen LogP contribution is -2.36. The van der Waals surface area contributed by atoms with E-state index in [4.69, 9.17) is 11.6 Å². The van der Waals surface area contributed by atoms with Gasteiger partial charge in [-0.05, 0) is 37.5 Å². The number of carboxylic acid groups (broad SMARTS) is 1. The van der Waals surface area contributed by atoms with Crippen LogP contribution >= 0.6 is 22.9 Å². The van der Waals surface area contributed by atoms with Gasteiger partial charge in [0.15, 0.2) is 5.13 Å². The third-order valence-corrected chi connectivity index (χ3v) is 5.79. The van der Waals surface area contributed by atoms with Crippen molar-refractivity contribution in [2.45, 2.75) is 32.6 Å².